The molecule has 4 N–H and O–H groups in total. The van der Waals surface area contributed by atoms with Crippen LogP contribution in [0.1, 0.15) is 29.5 Å². The lowest BCUT2D eigenvalue weighted by atomic mass is 9.99. The van der Waals surface area contributed by atoms with Gasteiger partial charge in [-0.1, -0.05) is 54.6 Å². The molecule has 3 aromatic carbocycles. The molecule has 3 amide bonds. The summed E-state index contributed by atoms with van der Waals surface area (Å²) < 4.78 is 0. The number of non-ortho nitro benzene ring substituents is 1. The molecule has 2 heterocycles. The Balaban J connectivity index is 1.41. The standard InChI is InChI=1S/C29H25N5O5/c30-28(36)24-14-15-25(35)33(24)16-4-5-18-8-10-20(11-9-18)31-27(19-6-2-1-3-7-19)26-22-17-21(34(38)39)12-13-23(22)32-29(26)37/h1-13,17,24,31H,14-16H2,(H2,30,36)(H,32,37)/b5-4+,27-26-. The minimum Gasteiger partial charge on any atom is -0.368 e. The fourth-order valence-electron chi connectivity index (χ4n) is 4.78. The SMILES string of the molecule is NC(=O)C1CCC(=O)N1C/C=C/c1ccc(N/C(=C2\C(=O)Nc3ccc([N+](=O)[O-])cc32)c2ccccc2)cc1. The Kier molecular flexibility index (Phi) is 6.92. The maximum absolute atomic E-state index is 13.0. The van der Waals surface area contributed by atoms with Gasteiger partial charge >= 0.3 is 0 Å². The number of nitro groups is 1. The van der Waals surface area contributed by atoms with Crippen LogP contribution in [0.3, 0.4) is 0 Å². The highest BCUT2D eigenvalue weighted by molar-refractivity contribution is 6.37. The first-order valence-electron chi connectivity index (χ1n) is 12.3. The van der Waals surface area contributed by atoms with Crippen LogP contribution in [-0.4, -0.2) is 40.1 Å². The molecule has 10 heteroatoms. The van der Waals surface area contributed by atoms with Crippen LogP contribution < -0.4 is 16.4 Å². The Labute approximate surface area is 224 Å². The van der Waals surface area contributed by atoms with Gasteiger partial charge in [0.1, 0.15) is 6.04 Å². The van der Waals surface area contributed by atoms with Crippen LogP contribution in [0, 0.1) is 10.1 Å². The van der Waals surface area contributed by atoms with Crippen LogP contribution in [-0.2, 0) is 14.4 Å². The highest BCUT2D eigenvalue weighted by atomic mass is 16.6. The van der Waals surface area contributed by atoms with Crippen molar-refractivity contribution in [1.29, 1.82) is 0 Å². The normalized spacial score (nSPS) is 17.7. The first-order valence-corrected chi connectivity index (χ1v) is 12.3. The molecule has 1 atom stereocenters. The molecular weight excluding hydrogens is 498 g/mol. The molecule has 1 saturated heterocycles. The van der Waals surface area contributed by atoms with E-state index in [-0.39, 0.29) is 24.0 Å². The van der Waals surface area contributed by atoms with E-state index >= 15 is 0 Å². The third-order valence-corrected chi connectivity index (χ3v) is 6.72. The van der Waals surface area contributed by atoms with Gasteiger partial charge in [-0.15, -0.1) is 0 Å². The second-order valence-corrected chi connectivity index (χ2v) is 9.21. The monoisotopic (exact) mass is 523 g/mol. The molecule has 0 spiro atoms. The Hall–Kier alpha value is -5.25. The molecule has 3 aromatic rings. The molecule has 1 fully saturated rings. The number of nitrogens with zero attached hydrogens (tertiary/aromatic N) is 2. The van der Waals surface area contributed by atoms with Crippen molar-refractivity contribution in [2.75, 3.05) is 17.2 Å². The zero-order valence-corrected chi connectivity index (χ0v) is 20.8. The van der Waals surface area contributed by atoms with Crippen LogP contribution in [0.4, 0.5) is 17.1 Å². The van der Waals surface area contributed by atoms with E-state index in [1.807, 2.05) is 66.7 Å². The Bertz CT molecular complexity index is 1530. The summed E-state index contributed by atoms with van der Waals surface area (Å²) in [7, 11) is 0. The lowest BCUT2D eigenvalue weighted by Gasteiger charge is -2.20. The zero-order chi connectivity index (χ0) is 27.5. The van der Waals surface area contributed by atoms with Gasteiger partial charge < -0.3 is 21.3 Å². The van der Waals surface area contributed by atoms with Crippen molar-refractivity contribution in [3.05, 3.63) is 106 Å². The van der Waals surface area contributed by atoms with Crippen LogP contribution in [0.25, 0.3) is 17.3 Å². The summed E-state index contributed by atoms with van der Waals surface area (Å²) in [5.74, 6) is -0.948. The lowest BCUT2D eigenvalue weighted by molar-refractivity contribution is -0.384. The number of nitrogens with two attached hydrogens (primary N) is 1. The van der Waals surface area contributed by atoms with E-state index < -0.39 is 16.9 Å². The maximum Gasteiger partial charge on any atom is 0.270 e. The van der Waals surface area contributed by atoms with Crippen molar-refractivity contribution in [3.8, 4) is 0 Å². The van der Waals surface area contributed by atoms with Gasteiger partial charge in [-0.05, 0) is 35.7 Å². The summed E-state index contributed by atoms with van der Waals surface area (Å²) in [6, 6.07) is 20.4. The summed E-state index contributed by atoms with van der Waals surface area (Å²) in [6.45, 7) is 0.289. The van der Waals surface area contributed by atoms with Crippen molar-refractivity contribution >= 4 is 52.1 Å². The van der Waals surface area contributed by atoms with Gasteiger partial charge in [0.25, 0.3) is 11.6 Å². The van der Waals surface area contributed by atoms with Crippen molar-refractivity contribution < 1.29 is 19.3 Å². The first kappa shape index (κ1) is 25.4. The maximum atomic E-state index is 13.0. The Morgan fingerprint density at radius 3 is 2.54 bits per heavy atom. The van der Waals surface area contributed by atoms with E-state index in [0.29, 0.717) is 41.1 Å². The molecular formula is C29H25N5O5. The van der Waals surface area contributed by atoms with Crippen LogP contribution in [0.15, 0.2) is 78.9 Å². The Morgan fingerprint density at radius 1 is 1.10 bits per heavy atom. The number of rotatable bonds is 8. The topological polar surface area (TPSA) is 148 Å². The number of likely N-dealkylation sites (tertiary alicyclic amines) is 1. The molecule has 196 valence electrons. The number of primary amides is 1. The second-order valence-electron chi connectivity index (χ2n) is 9.21. The number of nitrogens with one attached hydrogen (secondary N) is 2. The molecule has 0 radical (unpaired) electrons. The van der Waals surface area contributed by atoms with Gasteiger partial charge in [0.2, 0.25) is 11.8 Å². The van der Waals surface area contributed by atoms with Crippen molar-refractivity contribution in [2.45, 2.75) is 18.9 Å². The molecule has 39 heavy (non-hydrogen) atoms. The average Bonchev–Trinajstić information content (AvgIpc) is 3.46. The number of fused-ring (bicyclic) bond motifs is 1. The average molecular weight is 524 g/mol. The number of carbonyl (C=O) groups is 3. The molecule has 2 aliphatic rings. The number of anilines is 2. The molecule has 5 rings (SSSR count). The van der Waals surface area contributed by atoms with E-state index in [4.69, 9.17) is 5.73 Å². The predicted molar refractivity (Wildman–Crippen MR) is 148 cm³/mol. The number of amides is 3. The summed E-state index contributed by atoms with van der Waals surface area (Å²) >= 11 is 0. The number of benzene rings is 3. The minimum atomic E-state index is -0.572. The van der Waals surface area contributed by atoms with Crippen LogP contribution in [0.5, 0.6) is 0 Å². The van der Waals surface area contributed by atoms with E-state index in [9.17, 15) is 24.5 Å². The first-order chi connectivity index (χ1) is 18.8. The second kappa shape index (κ2) is 10.6. The van der Waals surface area contributed by atoms with Crippen LogP contribution in [0.2, 0.25) is 0 Å². The fraction of sp³-hybridized carbons (Fsp3) is 0.138. The molecule has 10 nitrogen and oxygen atoms in total. The summed E-state index contributed by atoms with van der Waals surface area (Å²) in [4.78, 5) is 49.1. The smallest absolute Gasteiger partial charge is 0.270 e. The van der Waals surface area contributed by atoms with Crippen LogP contribution >= 0.6 is 0 Å². The van der Waals surface area contributed by atoms with E-state index in [0.717, 1.165) is 11.1 Å². The molecule has 1 unspecified atom stereocenters. The van der Waals surface area contributed by atoms with E-state index in [2.05, 4.69) is 10.6 Å². The fourth-order valence-corrected chi connectivity index (χ4v) is 4.78. The van der Waals surface area contributed by atoms with Gasteiger partial charge in [0.05, 0.1) is 16.2 Å². The van der Waals surface area contributed by atoms with Gasteiger partial charge in [-0.3, -0.25) is 24.5 Å². The molecule has 0 bridgehead atoms. The summed E-state index contributed by atoms with van der Waals surface area (Å²) in [5, 5.41) is 17.5. The van der Waals surface area contributed by atoms with Crippen molar-refractivity contribution in [1.82, 2.24) is 4.90 Å². The van der Waals surface area contributed by atoms with E-state index in [1.54, 1.807) is 0 Å². The van der Waals surface area contributed by atoms with Crippen molar-refractivity contribution in [3.63, 3.8) is 0 Å². The quantitative estimate of drug-likeness (QED) is 0.231. The lowest BCUT2D eigenvalue weighted by Crippen LogP contribution is -2.42. The third kappa shape index (κ3) is 5.26. The number of hydrogen-bond acceptors (Lipinski definition) is 6. The Morgan fingerprint density at radius 2 is 1.85 bits per heavy atom. The molecule has 0 aromatic heterocycles. The largest absolute Gasteiger partial charge is 0.368 e. The van der Waals surface area contributed by atoms with Crippen molar-refractivity contribution in [2.24, 2.45) is 5.73 Å². The molecule has 0 saturated carbocycles. The summed E-state index contributed by atoms with van der Waals surface area (Å²) in [6.07, 6.45) is 4.42. The minimum absolute atomic E-state index is 0.0904. The zero-order valence-electron chi connectivity index (χ0n) is 20.8. The van der Waals surface area contributed by atoms with E-state index in [1.165, 1.54) is 23.1 Å². The highest BCUT2D eigenvalue weighted by Crippen LogP contribution is 2.39. The van der Waals surface area contributed by atoms with Gasteiger partial charge in [-0.2, -0.15) is 0 Å². The van der Waals surface area contributed by atoms with Gasteiger partial charge in [-0.25, -0.2) is 0 Å². The predicted octanol–water partition coefficient (Wildman–Crippen LogP) is 4.02. The summed E-state index contributed by atoms with van der Waals surface area (Å²) in [5.41, 5.74) is 9.40. The molecule has 0 aliphatic carbocycles. The van der Waals surface area contributed by atoms with Gasteiger partial charge in [0, 0.05) is 42.0 Å². The highest BCUT2D eigenvalue weighted by Gasteiger charge is 2.34. The van der Waals surface area contributed by atoms with Gasteiger partial charge in [0.15, 0.2) is 0 Å². The third-order valence-electron chi connectivity index (χ3n) is 6.72. The number of carbonyl (C=O) groups excluding carboxylic acids is 3. The number of nitro benzene ring substituents is 1. The molecule has 2 aliphatic heterocycles. The number of hydrogen-bond donors (Lipinski definition) is 3.